The minimum absolute atomic E-state index is 0.134. The minimum atomic E-state index is -1.01. The van der Waals surface area contributed by atoms with Gasteiger partial charge >= 0.3 is 11.9 Å². The predicted octanol–water partition coefficient (Wildman–Crippen LogP) is 3.45. The molecule has 0 spiro atoms. The van der Waals surface area contributed by atoms with Gasteiger partial charge in [0, 0.05) is 23.3 Å². The smallest absolute Gasteiger partial charge is 0.337 e. The molecule has 0 atom stereocenters. The second kappa shape index (κ2) is 9.56. The van der Waals surface area contributed by atoms with Crippen molar-refractivity contribution < 1.29 is 19.4 Å². The molecule has 148 valence electrons. The summed E-state index contributed by atoms with van der Waals surface area (Å²) in [6.07, 6.45) is 4.71. The van der Waals surface area contributed by atoms with E-state index in [-0.39, 0.29) is 18.0 Å². The van der Waals surface area contributed by atoms with Crippen LogP contribution in [-0.4, -0.2) is 39.8 Å². The fourth-order valence-electron chi connectivity index (χ4n) is 2.44. The Morgan fingerprint density at radius 1 is 1.24 bits per heavy atom. The highest BCUT2D eigenvalue weighted by Gasteiger charge is 2.08. The molecule has 0 saturated carbocycles. The van der Waals surface area contributed by atoms with Gasteiger partial charge in [0.25, 0.3) is 0 Å². The van der Waals surface area contributed by atoms with E-state index in [1.54, 1.807) is 30.8 Å². The Bertz CT molecular complexity index is 1030. The summed E-state index contributed by atoms with van der Waals surface area (Å²) in [6.45, 7) is 2.11. The Kier molecular flexibility index (Phi) is 6.64. The Labute approximate surface area is 170 Å². The number of pyridine rings is 1. The number of thiazole rings is 1. The lowest BCUT2D eigenvalue weighted by atomic mass is 10.0. The molecule has 29 heavy (non-hydrogen) atoms. The van der Waals surface area contributed by atoms with Gasteiger partial charge in [0.05, 0.1) is 30.5 Å². The molecule has 0 saturated heterocycles. The van der Waals surface area contributed by atoms with E-state index >= 15 is 0 Å². The summed E-state index contributed by atoms with van der Waals surface area (Å²) in [6, 6.07) is 9.04. The summed E-state index contributed by atoms with van der Waals surface area (Å²) < 4.78 is 4.90. The lowest BCUT2D eigenvalue weighted by Gasteiger charge is -2.03. The summed E-state index contributed by atoms with van der Waals surface area (Å²) in [7, 11) is 0. The van der Waals surface area contributed by atoms with Gasteiger partial charge in [-0.1, -0.05) is 24.3 Å². The third-order valence-electron chi connectivity index (χ3n) is 3.79. The number of carbonyl (C=O) groups excluding carboxylic acids is 1. The van der Waals surface area contributed by atoms with Crippen molar-refractivity contribution in [3.8, 4) is 11.1 Å². The zero-order valence-electron chi connectivity index (χ0n) is 15.5. The van der Waals surface area contributed by atoms with Crippen LogP contribution >= 0.6 is 11.3 Å². The topological polar surface area (TPSA) is 114 Å². The van der Waals surface area contributed by atoms with E-state index in [0.717, 1.165) is 16.7 Å². The summed E-state index contributed by atoms with van der Waals surface area (Å²) in [5.41, 5.74) is 6.04. The molecule has 3 rings (SSSR count). The van der Waals surface area contributed by atoms with Crippen molar-refractivity contribution in [2.75, 3.05) is 12.0 Å². The monoisotopic (exact) mass is 410 g/mol. The van der Waals surface area contributed by atoms with Crippen LogP contribution in [0.1, 0.15) is 28.5 Å². The molecular weight excluding hydrogens is 392 g/mol. The van der Waals surface area contributed by atoms with Crippen molar-refractivity contribution in [3.63, 3.8) is 0 Å². The van der Waals surface area contributed by atoms with E-state index in [1.165, 1.54) is 17.5 Å². The Hall–Kier alpha value is -3.59. The van der Waals surface area contributed by atoms with Crippen LogP contribution in [0.3, 0.4) is 0 Å². The molecule has 3 aromatic rings. The fraction of sp³-hybridized carbons (Fsp3) is 0.150. The van der Waals surface area contributed by atoms with Crippen LogP contribution in [0.4, 0.5) is 5.13 Å². The van der Waals surface area contributed by atoms with Gasteiger partial charge in [-0.2, -0.15) is 5.10 Å². The Morgan fingerprint density at radius 2 is 2.03 bits per heavy atom. The standard InChI is InChI=1S/C20H18N4O4S/c1-2-28-18(25)8-17-12-29-20(23-17)24-22-9-13-3-5-14(6-4-13)15-7-16(19(26)27)11-21-10-15/h3-7,9-12H,2,8H2,1H3,(H,23,24)(H,26,27). The molecule has 0 fully saturated rings. The van der Waals surface area contributed by atoms with Crippen molar-refractivity contribution in [3.05, 3.63) is 64.9 Å². The molecule has 9 heteroatoms. The van der Waals surface area contributed by atoms with Crippen molar-refractivity contribution in [2.24, 2.45) is 5.10 Å². The van der Waals surface area contributed by atoms with Crippen LogP contribution in [0.15, 0.2) is 53.2 Å². The number of hydrogen-bond donors (Lipinski definition) is 2. The van der Waals surface area contributed by atoms with E-state index in [0.29, 0.717) is 17.4 Å². The van der Waals surface area contributed by atoms with Gasteiger partial charge in [0.2, 0.25) is 5.13 Å². The predicted molar refractivity (Wildman–Crippen MR) is 110 cm³/mol. The first kappa shape index (κ1) is 20.2. The number of carbonyl (C=O) groups is 2. The zero-order chi connectivity index (χ0) is 20.6. The number of benzene rings is 1. The van der Waals surface area contributed by atoms with Crippen LogP contribution in [-0.2, 0) is 16.0 Å². The average Bonchev–Trinajstić information content (AvgIpc) is 3.16. The van der Waals surface area contributed by atoms with Gasteiger partial charge in [-0.3, -0.25) is 15.2 Å². The molecule has 0 aliphatic heterocycles. The molecule has 1 aromatic carbocycles. The molecule has 0 unspecified atom stereocenters. The number of nitrogens with zero attached hydrogens (tertiary/aromatic N) is 3. The molecular formula is C20H18N4O4S. The molecule has 2 N–H and O–H groups in total. The largest absolute Gasteiger partial charge is 0.478 e. The van der Waals surface area contributed by atoms with E-state index in [9.17, 15) is 9.59 Å². The number of carboxylic acids is 1. The number of aromatic carboxylic acids is 1. The second-order valence-electron chi connectivity index (χ2n) is 5.89. The van der Waals surface area contributed by atoms with Crippen LogP contribution in [0.2, 0.25) is 0 Å². The molecule has 0 radical (unpaired) electrons. The van der Waals surface area contributed by atoms with Crippen molar-refractivity contribution in [1.82, 2.24) is 9.97 Å². The van der Waals surface area contributed by atoms with E-state index < -0.39 is 5.97 Å². The normalized spacial score (nSPS) is 10.8. The lowest BCUT2D eigenvalue weighted by molar-refractivity contribution is -0.142. The molecule has 0 aliphatic rings. The summed E-state index contributed by atoms with van der Waals surface area (Å²) in [5, 5.41) is 15.6. The third kappa shape index (κ3) is 5.69. The molecule has 0 aliphatic carbocycles. The van der Waals surface area contributed by atoms with E-state index in [2.05, 4.69) is 20.5 Å². The molecule has 8 nitrogen and oxygen atoms in total. The maximum absolute atomic E-state index is 11.5. The number of hydrogen-bond acceptors (Lipinski definition) is 8. The number of hydrazone groups is 1. The van der Waals surface area contributed by atoms with Crippen molar-refractivity contribution >= 4 is 34.6 Å². The molecule has 2 heterocycles. The van der Waals surface area contributed by atoms with Gasteiger partial charge in [-0.25, -0.2) is 9.78 Å². The summed E-state index contributed by atoms with van der Waals surface area (Å²) in [5.74, 6) is -1.32. The number of carboxylic acid groups (broad SMARTS) is 1. The number of nitrogens with one attached hydrogen (secondary N) is 1. The van der Waals surface area contributed by atoms with Crippen molar-refractivity contribution in [2.45, 2.75) is 13.3 Å². The molecule has 2 aromatic heterocycles. The van der Waals surface area contributed by atoms with Crippen LogP contribution in [0, 0.1) is 0 Å². The third-order valence-corrected chi connectivity index (χ3v) is 4.58. The second-order valence-corrected chi connectivity index (χ2v) is 6.74. The Morgan fingerprint density at radius 3 is 2.76 bits per heavy atom. The number of anilines is 1. The number of aromatic nitrogens is 2. The fourth-order valence-corrected chi connectivity index (χ4v) is 3.10. The highest BCUT2D eigenvalue weighted by molar-refractivity contribution is 7.13. The first-order valence-corrected chi connectivity index (χ1v) is 9.61. The highest BCUT2D eigenvalue weighted by atomic mass is 32.1. The lowest BCUT2D eigenvalue weighted by Crippen LogP contribution is -2.07. The first-order valence-electron chi connectivity index (χ1n) is 8.73. The Balaban J connectivity index is 1.59. The van der Waals surface area contributed by atoms with Crippen LogP contribution in [0.5, 0.6) is 0 Å². The zero-order valence-corrected chi connectivity index (χ0v) is 16.3. The maximum Gasteiger partial charge on any atom is 0.337 e. The molecule has 0 bridgehead atoms. The van der Waals surface area contributed by atoms with Gasteiger partial charge in [0.15, 0.2) is 0 Å². The first-order chi connectivity index (χ1) is 14.0. The minimum Gasteiger partial charge on any atom is -0.478 e. The summed E-state index contributed by atoms with van der Waals surface area (Å²) >= 11 is 1.35. The van der Waals surface area contributed by atoms with E-state index in [1.807, 2.05) is 24.3 Å². The quantitative estimate of drug-likeness (QED) is 0.332. The van der Waals surface area contributed by atoms with Crippen molar-refractivity contribution in [1.29, 1.82) is 0 Å². The highest BCUT2D eigenvalue weighted by Crippen LogP contribution is 2.20. The van der Waals surface area contributed by atoms with Gasteiger partial charge in [0.1, 0.15) is 0 Å². The van der Waals surface area contributed by atoms with E-state index in [4.69, 9.17) is 9.84 Å². The SMILES string of the molecule is CCOC(=O)Cc1csc(NN=Cc2ccc(-c3cncc(C(=O)O)c3)cc2)n1. The average molecular weight is 410 g/mol. The molecule has 0 amide bonds. The van der Waals surface area contributed by atoms with Gasteiger partial charge in [-0.15, -0.1) is 11.3 Å². The summed E-state index contributed by atoms with van der Waals surface area (Å²) in [4.78, 5) is 30.8. The van der Waals surface area contributed by atoms with Gasteiger partial charge < -0.3 is 9.84 Å². The maximum atomic E-state index is 11.5. The van der Waals surface area contributed by atoms with Crippen LogP contribution < -0.4 is 5.43 Å². The van der Waals surface area contributed by atoms with Crippen LogP contribution in [0.25, 0.3) is 11.1 Å². The van der Waals surface area contributed by atoms with Gasteiger partial charge in [-0.05, 0) is 24.1 Å². The number of rotatable bonds is 8. The number of esters is 1. The number of ether oxygens (including phenoxy) is 1.